The molecular formula is C14H17FO3. The van der Waals surface area contributed by atoms with Gasteiger partial charge in [-0.25, -0.2) is 4.39 Å². The third-order valence-corrected chi connectivity index (χ3v) is 3.47. The first-order valence-electron chi connectivity index (χ1n) is 6.14. The van der Waals surface area contributed by atoms with E-state index in [0.717, 1.165) is 11.1 Å². The Morgan fingerprint density at radius 2 is 2.28 bits per heavy atom. The maximum absolute atomic E-state index is 13.4. The lowest BCUT2D eigenvalue weighted by Crippen LogP contribution is -2.27. The van der Waals surface area contributed by atoms with Gasteiger partial charge in [-0.15, -0.1) is 0 Å². The molecule has 1 N–H and O–H groups in total. The predicted molar refractivity (Wildman–Crippen MR) is 64.6 cm³/mol. The fourth-order valence-corrected chi connectivity index (χ4v) is 2.62. The Morgan fingerprint density at radius 1 is 1.56 bits per heavy atom. The van der Waals surface area contributed by atoms with Gasteiger partial charge in [0.2, 0.25) is 0 Å². The van der Waals surface area contributed by atoms with Gasteiger partial charge in [0, 0.05) is 0 Å². The average Bonchev–Trinajstić information content (AvgIpc) is 2.57. The quantitative estimate of drug-likeness (QED) is 0.839. The molecule has 0 heterocycles. The van der Waals surface area contributed by atoms with Crippen LogP contribution in [0.3, 0.4) is 0 Å². The Kier molecular flexibility index (Phi) is 3.39. The summed E-state index contributed by atoms with van der Waals surface area (Å²) < 4.78 is 18.3. The van der Waals surface area contributed by atoms with Gasteiger partial charge in [-0.05, 0) is 55.5 Å². The van der Waals surface area contributed by atoms with Crippen LogP contribution >= 0.6 is 0 Å². The van der Waals surface area contributed by atoms with Gasteiger partial charge < -0.3 is 9.84 Å². The van der Waals surface area contributed by atoms with E-state index in [4.69, 9.17) is 4.74 Å². The number of halogens is 1. The van der Waals surface area contributed by atoms with Crippen molar-refractivity contribution in [1.29, 1.82) is 0 Å². The van der Waals surface area contributed by atoms with E-state index in [0.29, 0.717) is 18.4 Å². The van der Waals surface area contributed by atoms with Crippen LogP contribution in [0.4, 0.5) is 4.39 Å². The molecule has 0 radical (unpaired) electrons. The smallest absolute Gasteiger partial charge is 0.309 e. The molecule has 1 aromatic carbocycles. The van der Waals surface area contributed by atoms with Gasteiger partial charge in [0.25, 0.3) is 0 Å². The molecule has 0 saturated carbocycles. The molecule has 3 nitrogen and oxygen atoms in total. The van der Waals surface area contributed by atoms with Crippen molar-refractivity contribution in [3.8, 4) is 0 Å². The van der Waals surface area contributed by atoms with Gasteiger partial charge in [-0.3, -0.25) is 4.79 Å². The number of aliphatic hydroxyl groups is 1. The van der Waals surface area contributed by atoms with Crippen molar-refractivity contribution in [3.63, 3.8) is 0 Å². The van der Waals surface area contributed by atoms with E-state index in [1.165, 1.54) is 12.1 Å². The largest absolute Gasteiger partial charge is 0.466 e. The van der Waals surface area contributed by atoms with Gasteiger partial charge in [-0.2, -0.15) is 0 Å². The van der Waals surface area contributed by atoms with Crippen molar-refractivity contribution in [3.05, 3.63) is 34.6 Å². The molecule has 0 saturated heterocycles. The third-order valence-electron chi connectivity index (χ3n) is 3.47. The van der Waals surface area contributed by atoms with Gasteiger partial charge in [0.15, 0.2) is 0 Å². The predicted octanol–water partition coefficient (Wildman–Crippen LogP) is 2.22. The second-order valence-corrected chi connectivity index (χ2v) is 4.76. The monoisotopic (exact) mass is 252 g/mol. The van der Waals surface area contributed by atoms with E-state index in [9.17, 15) is 14.3 Å². The van der Waals surface area contributed by atoms with Crippen LogP contribution in [0, 0.1) is 12.7 Å². The van der Waals surface area contributed by atoms with Crippen LogP contribution in [-0.4, -0.2) is 17.7 Å². The maximum atomic E-state index is 13.4. The molecule has 0 aliphatic heterocycles. The Balaban J connectivity index is 2.32. The van der Waals surface area contributed by atoms with Gasteiger partial charge >= 0.3 is 5.97 Å². The normalized spacial score (nSPS) is 21.8. The summed E-state index contributed by atoms with van der Waals surface area (Å²) >= 11 is 0. The molecule has 0 aromatic heterocycles. The SMILES string of the molecule is CCOC(=O)C[C@@]1(O)CCc2c(C)cc(F)cc21. The van der Waals surface area contributed by atoms with E-state index in [1.807, 2.05) is 6.92 Å². The van der Waals surface area contributed by atoms with Crippen molar-refractivity contribution in [2.45, 2.75) is 38.7 Å². The number of carbonyl (C=O) groups excluding carboxylic acids is 1. The van der Waals surface area contributed by atoms with Crippen LogP contribution in [0.5, 0.6) is 0 Å². The molecule has 1 aromatic rings. The number of benzene rings is 1. The highest BCUT2D eigenvalue weighted by Crippen LogP contribution is 2.41. The molecule has 18 heavy (non-hydrogen) atoms. The first kappa shape index (κ1) is 13.0. The Hall–Kier alpha value is -1.42. The van der Waals surface area contributed by atoms with E-state index in [1.54, 1.807) is 6.92 Å². The number of fused-ring (bicyclic) bond motifs is 1. The summed E-state index contributed by atoms with van der Waals surface area (Å²) in [6.07, 6.45) is 0.986. The second kappa shape index (κ2) is 4.69. The number of esters is 1. The van der Waals surface area contributed by atoms with Gasteiger partial charge in [-0.1, -0.05) is 0 Å². The van der Waals surface area contributed by atoms with Crippen LogP contribution in [0.2, 0.25) is 0 Å². The molecule has 0 bridgehead atoms. The van der Waals surface area contributed by atoms with Crippen molar-refractivity contribution < 1.29 is 19.0 Å². The number of rotatable bonds is 3. The zero-order chi connectivity index (χ0) is 13.3. The van der Waals surface area contributed by atoms with Crippen LogP contribution < -0.4 is 0 Å². The van der Waals surface area contributed by atoms with Crippen molar-refractivity contribution in [2.24, 2.45) is 0 Å². The Morgan fingerprint density at radius 3 is 2.94 bits per heavy atom. The summed E-state index contributed by atoms with van der Waals surface area (Å²) in [5.74, 6) is -0.829. The van der Waals surface area contributed by atoms with E-state index < -0.39 is 11.6 Å². The molecule has 1 aliphatic carbocycles. The minimum atomic E-state index is -1.28. The molecule has 0 fully saturated rings. The molecule has 1 atom stereocenters. The van der Waals surface area contributed by atoms with Gasteiger partial charge in [0.1, 0.15) is 11.4 Å². The van der Waals surface area contributed by atoms with E-state index in [2.05, 4.69) is 0 Å². The topological polar surface area (TPSA) is 46.5 Å². The molecule has 0 spiro atoms. The average molecular weight is 252 g/mol. The summed E-state index contributed by atoms with van der Waals surface area (Å²) in [5.41, 5.74) is 1.02. The molecule has 1 aliphatic rings. The lowest BCUT2D eigenvalue weighted by molar-refractivity contribution is -0.149. The van der Waals surface area contributed by atoms with Crippen LogP contribution in [-0.2, 0) is 21.6 Å². The summed E-state index contributed by atoms with van der Waals surface area (Å²) in [6, 6.07) is 2.78. The van der Waals surface area contributed by atoms with E-state index >= 15 is 0 Å². The molecule has 0 unspecified atom stereocenters. The van der Waals surface area contributed by atoms with Crippen molar-refractivity contribution >= 4 is 5.97 Å². The van der Waals surface area contributed by atoms with Crippen LogP contribution in [0.25, 0.3) is 0 Å². The summed E-state index contributed by atoms with van der Waals surface area (Å²) in [6.45, 7) is 3.82. The van der Waals surface area contributed by atoms with Crippen molar-refractivity contribution in [1.82, 2.24) is 0 Å². The third kappa shape index (κ3) is 2.25. The molecule has 4 heteroatoms. The fraction of sp³-hybridized carbons (Fsp3) is 0.500. The first-order valence-corrected chi connectivity index (χ1v) is 6.14. The number of carbonyl (C=O) groups is 1. The Labute approximate surface area is 106 Å². The molecule has 0 amide bonds. The molecular weight excluding hydrogens is 235 g/mol. The minimum absolute atomic E-state index is 0.114. The van der Waals surface area contributed by atoms with Gasteiger partial charge in [0.05, 0.1) is 13.0 Å². The zero-order valence-corrected chi connectivity index (χ0v) is 10.6. The first-order chi connectivity index (χ1) is 8.46. The number of ether oxygens (including phenoxy) is 1. The van der Waals surface area contributed by atoms with E-state index in [-0.39, 0.29) is 18.8 Å². The number of hydrogen-bond acceptors (Lipinski definition) is 3. The zero-order valence-electron chi connectivity index (χ0n) is 10.6. The maximum Gasteiger partial charge on any atom is 0.309 e. The Bertz CT molecular complexity index is 484. The highest BCUT2D eigenvalue weighted by Gasteiger charge is 2.40. The summed E-state index contributed by atoms with van der Waals surface area (Å²) in [7, 11) is 0. The highest BCUT2D eigenvalue weighted by molar-refractivity contribution is 5.71. The lowest BCUT2D eigenvalue weighted by Gasteiger charge is -2.23. The minimum Gasteiger partial charge on any atom is -0.466 e. The van der Waals surface area contributed by atoms with Crippen molar-refractivity contribution in [2.75, 3.05) is 6.61 Å². The fourth-order valence-electron chi connectivity index (χ4n) is 2.62. The highest BCUT2D eigenvalue weighted by atomic mass is 19.1. The summed E-state index contributed by atoms with van der Waals surface area (Å²) in [5, 5.41) is 10.5. The van der Waals surface area contributed by atoms with Crippen LogP contribution in [0.1, 0.15) is 36.5 Å². The number of hydrogen-bond donors (Lipinski definition) is 1. The standard InChI is InChI=1S/C14H17FO3/c1-3-18-13(16)8-14(17)5-4-11-9(2)6-10(15)7-12(11)14/h6-7,17H,3-5,8H2,1-2H3/t14-/m0/s1. The molecule has 98 valence electrons. The summed E-state index contributed by atoms with van der Waals surface area (Å²) in [4.78, 5) is 11.5. The second-order valence-electron chi connectivity index (χ2n) is 4.76. The van der Waals surface area contributed by atoms with Crippen LogP contribution in [0.15, 0.2) is 12.1 Å². The lowest BCUT2D eigenvalue weighted by atomic mass is 9.91. The molecule has 2 rings (SSSR count). The number of aryl methyl sites for hydroxylation is 1.